The highest BCUT2D eigenvalue weighted by Crippen LogP contribution is 2.34. The number of rotatable bonds is 7. The second kappa shape index (κ2) is 9.88. The lowest BCUT2D eigenvalue weighted by Gasteiger charge is -2.09. The van der Waals surface area contributed by atoms with Gasteiger partial charge in [0.2, 0.25) is 5.78 Å². The van der Waals surface area contributed by atoms with Crippen molar-refractivity contribution >= 4 is 22.8 Å². The summed E-state index contributed by atoms with van der Waals surface area (Å²) >= 11 is 0. The number of aromatic nitrogens is 3. The average molecular weight is 489 g/mol. The average Bonchev–Trinajstić information content (AvgIpc) is 3.51. The Morgan fingerprint density at radius 3 is 2.46 bits per heavy atom. The van der Waals surface area contributed by atoms with Gasteiger partial charge in [0.05, 0.1) is 25.5 Å². The molecule has 0 radical (unpaired) electrons. The van der Waals surface area contributed by atoms with E-state index in [1.807, 2.05) is 79.9 Å². The standard InChI is InChI=1S/C30H24N4O3/c1-19-28(24-11-7-8-12-25(24)32-19)30(35)21(17-31)15-22-18-34(23-9-5-4-6-10-23)33-29(22)20-13-14-26(36-2)27(16-20)37-3/h4-16,18,32H,1-3H3. The molecule has 0 aliphatic rings. The van der Waals surface area contributed by atoms with Gasteiger partial charge in [-0.15, -0.1) is 0 Å². The van der Waals surface area contributed by atoms with Gasteiger partial charge in [-0.2, -0.15) is 10.4 Å². The van der Waals surface area contributed by atoms with Crippen molar-refractivity contribution in [3.8, 4) is 34.5 Å². The molecule has 0 atom stereocenters. The number of ether oxygens (including phenoxy) is 2. The molecule has 7 heteroatoms. The molecule has 1 N–H and O–H groups in total. The van der Waals surface area contributed by atoms with Crippen LogP contribution in [0.3, 0.4) is 0 Å². The Morgan fingerprint density at radius 1 is 1.00 bits per heavy atom. The van der Waals surface area contributed by atoms with E-state index in [0.717, 1.165) is 22.2 Å². The van der Waals surface area contributed by atoms with E-state index >= 15 is 0 Å². The largest absolute Gasteiger partial charge is 0.493 e. The first kappa shape index (κ1) is 23.6. The molecule has 0 amide bonds. The van der Waals surface area contributed by atoms with Gasteiger partial charge in [-0.3, -0.25) is 4.79 Å². The van der Waals surface area contributed by atoms with Crippen LogP contribution in [0.15, 0.2) is 84.6 Å². The smallest absolute Gasteiger partial charge is 0.205 e. The van der Waals surface area contributed by atoms with Crippen LogP contribution >= 0.6 is 0 Å². The molecule has 5 rings (SSSR count). The predicted molar refractivity (Wildman–Crippen MR) is 143 cm³/mol. The topological polar surface area (TPSA) is 92.9 Å². The van der Waals surface area contributed by atoms with Gasteiger partial charge in [0.15, 0.2) is 11.5 Å². The SMILES string of the molecule is COc1ccc(-c2nn(-c3ccccc3)cc2C=C(C#N)C(=O)c2c(C)[nH]c3ccccc23)cc1OC. The third kappa shape index (κ3) is 4.37. The van der Waals surface area contributed by atoms with E-state index in [-0.39, 0.29) is 11.4 Å². The molecule has 7 nitrogen and oxygen atoms in total. The molecule has 0 aliphatic heterocycles. The monoisotopic (exact) mass is 488 g/mol. The van der Waals surface area contributed by atoms with Gasteiger partial charge in [0.25, 0.3) is 0 Å². The van der Waals surface area contributed by atoms with Crippen molar-refractivity contribution < 1.29 is 14.3 Å². The zero-order valence-corrected chi connectivity index (χ0v) is 20.6. The van der Waals surface area contributed by atoms with Crippen molar-refractivity contribution in [1.82, 2.24) is 14.8 Å². The number of nitrogens with zero attached hydrogens (tertiary/aromatic N) is 3. The molecule has 182 valence electrons. The van der Waals surface area contributed by atoms with E-state index < -0.39 is 0 Å². The molecule has 3 aromatic carbocycles. The number of carbonyl (C=O) groups excluding carboxylic acids is 1. The van der Waals surface area contributed by atoms with Crippen molar-refractivity contribution in [2.75, 3.05) is 14.2 Å². The predicted octanol–water partition coefficient (Wildman–Crippen LogP) is 6.14. The van der Waals surface area contributed by atoms with E-state index in [4.69, 9.17) is 14.6 Å². The fraction of sp³-hybridized carbons (Fsp3) is 0.100. The summed E-state index contributed by atoms with van der Waals surface area (Å²) in [5.74, 6) is 0.798. The number of methoxy groups -OCH3 is 2. The van der Waals surface area contributed by atoms with Crippen molar-refractivity contribution in [1.29, 1.82) is 5.26 Å². The van der Waals surface area contributed by atoms with Crippen molar-refractivity contribution in [2.45, 2.75) is 6.92 Å². The number of hydrogen-bond acceptors (Lipinski definition) is 5. The molecule has 0 spiro atoms. The first-order chi connectivity index (χ1) is 18.0. The molecule has 0 unspecified atom stereocenters. The van der Waals surface area contributed by atoms with Crippen LogP contribution in [0.1, 0.15) is 21.6 Å². The Kier molecular flexibility index (Phi) is 6.31. The normalized spacial score (nSPS) is 11.4. The Hall–Kier alpha value is -5.09. The van der Waals surface area contributed by atoms with Crippen LogP contribution in [0.2, 0.25) is 0 Å². The molecule has 0 bridgehead atoms. The van der Waals surface area contributed by atoms with Crippen LogP contribution in [0.5, 0.6) is 11.5 Å². The van der Waals surface area contributed by atoms with Gasteiger partial charge in [0, 0.05) is 33.9 Å². The van der Waals surface area contributed by atoms with E-state index in [1.54, 1.807) is 31.0 Å². The summed E-state index contributed by atoms with van der Waals surface area (Å²) in [6.45, 7) is 1.84. The minimum atomic E-state index is -0.344. The van der Waals surface area contributed by atoms with Crippen LogP contribution < -0.4 is 9.47 Å². The molecule has 2 aromatic heterocycles. The molecule has 37 heavy (non-hydrogen) atoms. The number of nitrogens with one attached hydrogen (secondary N) is 1. The first-order valence-electron chi connectivity index (χ1n) is 11.6. The number of aryl methyl sites for hydroxylation is 1. The maximum atomic E-state index is 13.6. The summed E-state index contributed by atoms with van der Waals surface area (Å²) in [6.07, 6.45) is 3.41. The van der Waals surface area contributed by atoms with Gasteiger partial charge in [0.1, 0.15) is 17.3 Å². The maximum absolute atomic E-state index is 13.6. The number of hydrogen-bond donors (Lipinski definition) is 1. The van der Waals surface area contributed by atoms with Gasteiger partial charge in [-0.25, -0.2) is 4.68 Å². The number of allylic oxidation sites excluding steroid dienone is 1. The van der Waals surface area contributed by atoms with Crippen LogP contribution in [0, 0.1) is 18.3 Å². The maximum Gasteiger partial charge on any atom is 0.205 e. The van der Waals surface area contributed by atoms with E-state index in [1.165, 1.54) is 0 Å². The fourth-order valence-electron chi connectivity index (χ4n) is 4.42. The summed E-state index contributed by atoms with van der Waals surface area (Å²) in [5.41, 5.74) is 4.90. The molecule has 2 heterocycles. The quantitative estimate of drug-likeness (QED) is 0.169. The summed E-state index contributed by atoms with van der Waals surface area (Å²) < 4.78 is 12.6. The number of nitriles is 1. The minimum absolute atomic E-state index is 0.0159. The molecule has 0 saturated heterocycles. The highest BCUT2D eigenvalue weighted by atomic mass is 16.5. The Balaban J connectivity index is 1.67. The van der Waals surface area contributed by atoms with Gasteiger partial charge < -0.3 is 14.5 Å². The molecule has 5 aromatic rings. The molecule has 0 saturated carbocycles. The Morgan fingerprint density at radius 2 is 1.73 bits per heavy atom. The summed E-state index contributed by atoms with van der Waals surface area (Å²) in [4.78, 5) is 16.8. The molecule has 0 fully saturated rings. The van der Waals surface area contributed by atoms with Gasteiger partial charge in [-0.1, -0.05) is 36.4 Å². The molecular weight excluding hydrogens is 464 g/mol. The Labute approximate surface area is 214 Å². The zero-order valence-electron chi connectivity index (χ0n) is 20.6. The summed E-state index contributed by atoms with van der Waals surface area (Å²) in [7, 11) is 3.15. The number of ketones is 1. The highest BCUT2D eigenvalue weighted by Gasteiger charge is 2.21. The van der Waals surface area contributed by atoms with Crippen LogP contribution in [-0.2, 0) is 0 Å². The Bertz CT molecular complexity index is 1690. The third-order valence-electron chi connectivity index (χ3n) is 6.21. The first-order valence-corrected chi connectivity index (χ1v) is 11.6. The fourth-order valence-corrected chi connectivity index (χ4v) is 4.42. The number of fused-ring (bicyclic) bond motifs is 1. The number of aromatic amines is 1. The van der Waals surface area contributed by atoms with Crippen LogP contribution in [-0.4, -0.2) is 34.8 Å². The van der Waals surface area contributed by atoms with Crippen molar-refractivity contribution in [3.63, 3.8) is 0 Å². The lowest BCUT2D eigenvalue weighted by Crippen LogP contribution is -2.03. The zero-order chi connectivity index (χ0) is 25.9. The number of para-hydroxylation sites is 2. The lowest BCUT2D eigenvalue weighted by molar-refractivity contribution is 0.104. The number of carbonyl (C=O) groups is 1. The third-order valence-corrected chi connectivity index (χ3v) is 6.21. The molecule has 0 aliphatic carbocycles. The van der Waals surface area contributed by atoms with E-state index in [0.29, 0.717) is 34.0 Å². The number of benzene rings is 3. The van der Waals surface area contributed by atoms with Crippen molar-refractivity contribution in [2.24, 2.45) is 0 Å². The van der Waals surface area contributed by atoms with Gasteiger partial charge in [-0.05, 0) is 49.4 Å². The van der Waals surface area contributed by atoms with Crippen LogP contribution in [0.25, 0.3) is 33.9 Å². The van der Waals surface area contributed by atoms with Crippen molar-refractivity contribution in [3.05, 3.63) is 101 Å². The second-order valence-corrected chi connectivity index (χ2v) is 8.45. The minimum Gasteiger partial charge on any atom is -0.493 e. The van der Waals surface area contributed by atoms with Crippen LogP contribution in [0.4, 0.5) is 0 Å². The second-order valence-electron chi connectivity index (χ2n) is 8.45. The molecular formula is C30H24N4O3. The summed E-state index contributed by atoms with van der Waals surface area (Å²) in [6, 6.07) is 24.8. The highest BCUT2D eigenvalue weighted by molar-refractivity contribution is 6.20. The number of H-pyrrole nitrogens is 1. The van der Waals surface area contributed by atoms with E-state index in [9.17, 15) is 10.1 Å². The lowest BCUT2D eigenvalue weighted by atomic mass is 9.98. The summed E-state index contributed by atoms with van der Waals surface area (Å²) in [5, 5.41) is 15.6. The van der Waals surface area contributed by atoms with Gasteiger partial charge >= 0.3 is 0 Å². The van der Waals surface area contributed by atoms with E-state index in [2.05, 4.69) is 11.1 Å². The number of Topliss-reactive ketones (excluding diaryl/α,β-unsaturated/α-hetero) is 1.